The molecular weight excluding hydrogens is 432 g/mol. The molecule has 0 aliphatic carbocycles. The van der Waals surface area contributed by atoms with Crippen molar-refractivity contribution in [2.24, 2.45) is 5.92 Å². The summed E-state index contributed by atoms with van der Waals surface area (Å²) >= 11 is 0. The first-order chi connectivity index (χ1) is 16.4. The number of aromatic carboxylic acids is 1. The third-order valence-electron chi connectivity index (χ3n) is 5.45. The molecule has 1 aromatic heterocycles. The number of carbonyl (C=O) groups is 3. The second-order valence-corrected chi connectivity index (χ2v) is 8.06. The van der Waals surface area contributed by atoms with Gasteiger partial charge in [-0.15, -0.1) is 0 Å². The van der Waals surface area contributed by atoms with Crippen LogP contribution in [0.25, 0.3) is 11.1 Å². The molecular formula is C27H28N2O5. The van der Waals surface area contributed by atoms with Gasteiger partial charge in [0.25, 0.3) is 5.91 Å². The molecule has 2 N–H and O–H groups in total. The number of carboxylic acid groups (broad SMARTS) is 1. The molecule has 34 heavy (non-hydrogen) atoms. The van der Waals surface area contributed by atoms with Crippen LogP contribution in [0.15, 0.2) is 72.9 Å². The van der Waals surface area contributed by atoms with Crippen molar-refractivity contribution in [2.45, 2.75) is 32.7 Å². The van der Waals surface area contributed by atoms with Gasteiger partial charge < -0.3 is 15.2 Å². The molecule has 176 valence electrons. The number of amides is 1. The zero-order chi connectivity index (χ0) is 24.5. The van der Waals surface area contributed by atoms with E-state index >= 15 is 0 Å². The van der Waals surface area contributed by atoms with Crippen LogP contribution in [0.4, 0.5) is 0 Å². The summed E-state index contributed by atoms with van der Waals surface area (Å²) in [5.74, 6) is -2.37. The average Bonchev–Trinajstić information content (AvgIpc) is 2.85. The molecule has 0 saturated carbocycles. The lowest BCUT2D eigenvalue weighted by Crippen LogP contribution is -2.39. The van der Waals surface area contributed by atoms with Crippen LogP contribution in [0.2, 0.25) is 0 Å². The van der Waals surface area contributed by atoms with Gasteiger partial charge in [0.1, 0.15) is 5.69 Å². The standard InChI is InChI=1S/C27H28N2O5/c1-3-34-27(33)18(2)15-23(29-25(30)22-13-14-28-24(17-22)26(31)32)16-19-9-11-21(12-10-19)20-7-5-4-6-8-20/h4-14,17-18,23H,3,15-16H2,1-2H3,(H,29,30)(H,31,32). The van der Waals surface area contributed by atoms with E-state index in [4.69, 9.17) is 9.84 Å². The Kier molecular flexibility index (Phi) is 8.51. The molecule has 1 amide bonds. The van der Waals surface area contributed by atoms with Crippen molar-refractivity contribution in [2.75, 3.05) is 6.61 Å². The maximum atomic E-state index is 12.9. The van der Waals surface area contributed by atoms with Gasteiger partial charge in [-0.1, -0.05) is 61.5 Å². The zero-order valence-electron chi connectivity index (χ0n) is 19.2. The van der Waals surface area contributed by atoms with Crippen molar-refractivity contribution in [3.05, 3.63) is 89.7 Å². The van der Waals surface area contributed by atoms with Gasteiger partial charge in [-0.3, -0.25) is 9.59 Å². The Bertz CT molecular complexity index is 1130. The number of ether oxygens (including phenoxy) is 1. The molecule has 0 radical (unpaired) electrons. The van der Waals surface area contributed by atoms with Crippen LogP contribution in [0, 0.1) is 5.92 Å². The van der Waals surface area contributed by atoms with E-state index in [0.29, 0.717) is 12.8 Å². The highest BCUT2D eigenvalue weighted by atomic mass is 16.5. The Balaban J connectivity index is 1.77. The van der Waals surface area contributed by atoms with Crippen molar-refractivity contribution >= 4 is 17.8 Å². The number of pyridine rings is 1. The summed E-state index contributed by atoms with van der Waals surface area (Å²) in [6.07, 6.45) is 2.17. The zero-order valence-corrected chi connectivity index (χ0v) is 19.2. The number of esters is 1. The summed E-state index contributed by atoms with van der Waals surface area (Å²) in [4.78, 5) is 40.0. The molecule has 0 saturated heterocycles. The monoisotopic (exact) mass is 460 g/mol. The summed E-state index contributed by atoms with van der Waals surface area (Å²) in [5, 5.41) is 12.1. The minimum atomic E-state index is -1.21. The van der Waals surface area contributed by atoms with Gasteiger partial charge in [0.05, 0.1) is 12.5 Å². The molecule has 0 aliphatic rings. The van der Waals surface area contributed by atoms with Gasteiger partial charge >= 0.3 is 11.9 Å². The second-order valence-electron chi connectivity index (χ2n) is 8.06. The number of aromatic nitrogens is 1. The van der Waals surface area contributed by atoms with Gasteiger partial charge in [-0.05, 0) is 48.6 Å². The van der Waals surface area contributed by atoms with Crippen LogP contribution in [-0.4, -0.2) is 40.6 Å². The van der Waals surface area contributed by atoms with E-state index in [1.54, 1.807) is 13.8 Å². The van der Waals surface area contributed by atoms with Crippen LogP contribution >= 0.6 is 0 Å². The van der Waals surface area contributed by atoms with Gasteiger partial charge in [-0.25, -0.2) is 9.78 Å². The van der Waals surface area contributed by atoms with E-state index in [0.717, 1.165) is 16.7 Å². The number of carboxylic acids is 1. The molecule has 0 bridgehead atoms. The lowest BCUT2D eigenvalue weighted by atomic mass is 9.94. The van der Waals surface area contributed by atoms with Crippen LogP contribution in [-0.2, 0) is 16.0 Å². The molecule has 2 unspecified atom stereocenters. The maximum Gasteiger partial charge on any atom is 0.354 e. The summed E-state index contributed by atoms with van der Waals surface area (Å²) in [6, 6.07) is 20.4. The molecule has 0 fully saturated rings. The number of carbonyl (C=O) groups excluding carboxylic acids is 2. The SMILES string of the molecule is CCOC(=O)C(C)CC(Cc1ccc(-c2ccccc2)cc1)NC(=O)c1ccnc(C(=O)O)c1. The largest absolute Gasteiger partial charge is 0.477 e. The van der Waals surface area contributed by atoms with Gasteiger partial charge in [0.15, 0.2) is 0 Å². The van der Waals surface area contributed by atoms with Crippen LogP contribution in [0.1, 0.15) is 46.7 Å². The van der Waals surface area contributed by atoms with E-state index < -0.39 is 17.8 Å². The minimum absolute atomic E-state index is 0.195. The number of nitrogens with one attached hydrogen (secondary N) is 1. The van der Waals surface area contributed by atoms with E-state index in [9.17, 15) is 14.4 Å². The molecule has 1 heterocycles. The summed E-state index contributed by atoms with van der Waals surface area (Å²) in [6.45, 7) is 3.81. The van der Waals surface area contributed by atoms with Gasteiger partial charge in [-0.2, -0.15) is 0 Å². The second kappa shape index (κ2) is 11.7. The van der Waals surface area contributed by atoms with Crippen LogP contribution in [0.3, 0.4) is 0 Å². The number of hydrogen-bond acceptors (Lipinski definition) is 5. The molecule has 2 atom stereocenters. The van der Waals surface area contributed by atoms with Crippen molar-refractivity contribution in [1.82, 2.24) is 10.3 Å². The fourth-order valence-electron chi connectivity index (χ4n) is 3.71. The van der Waals surface area contributed by atoms with Crippen molar-refractivity contribution in [3.63, 3.8) is 0 Å². The topological polar surface area (TPSA) is 106 Å². The Morgan fingerprint density at radius 3 is 2.32 bits per heavy atom. The maximum absolute atomic E-state index is 12.9. The highest BCUT2D eigenvalue weighted by molar-refractivity contribution is 5.96. The molecule has 0 aliphatic heterocycles. The summed E-state index contributed by atoms with van der Waals surface area (Å²) in [7, 11) is 0. The van der Waals surface area contributed by atoms with Gasteiger partial charge in [0, 0.05) is 17.8 Å². The highest BCUT2D eigenvalue weighted by Gasteiger charge is 2.23. The number of rotatable bonds is 10. The van der Waals surface area contributed by atoms with Crippen LogP contribution in [0.5, 0.6) is 0 Å². The van der Waals surface area contributed by atoms with E-state index in [-0.39, 0.29) is 29.9 Å². The lowest BCUT2D eigenvalue weighted by Gasteiger charge is -2.22. The average molecular weight is 461 g/mol. The predicted octanol–water partition coefficient (Wildman–Crippen LogP) is 4.38. The third kappa shape index (κ3) is 6.75. The number of hydrogen-bond donors (Lipinski definition) is 2. The van der Waals surface area contributed by atoms with Crippen molar-refractivity contribution in [3.8, 4) is 11.1 Å². The third-order valence-corrected chi connectivity index (χ3v) is 5.45. The Labute approximate surface area is 198 Å². The Morgan fingerprint density at radius 2 is 1.68 bits per heavy atom. The number of nitrogens with zero attached hydrogens (tertiary/aromatic N) is 1. The molecule has 0 spiro atoms. The number of benzene rings is 2. The van der Waals surface area contributed by atoms with Crippen molar-refractivity contribution < 1.29 is 24.2 Å². The van der Waals surface area contributed by atoms with E-state index in [1.807, 2.05) is 54.6 Å². The molecule has 3 rings (SSSR count). The first kappa shape index (κ1) is 24.6. The quantitative estimate of drug-likeness (QED) is 0.435. The molecule has 2 aromatic carbocycles. The smallest absolute Gasteiger partial charge is 0.354 e. The normalized spacial score (nSPS) is 12.4. The molecule has 7 heteroatoms. The van der Waals surface area contributed by atoms with E-state index in [2.05, 4.69) is 10.3 Å². The first-order valence-electron chi connectivity index (χ1n) is 11.2. The highest BCUT2D eigenvalue weighted by Crippen LogP contribution is 2.21. The predicted molar refractivity (Wildman–Crippen MR) is 128 cm³/mol. The van der Waals surface area contributed by atoms with Gasteiger partial charge in [0.2, 0.25) is 0 Å². The van der Waals surface area contributed by atoms with E-state index in [1.165, 1.54) is 18.3 Å². The van der Waals surface area contributed by atoms with Crippen LogP contribution < -0.4 is 5.32 Å². The Hall–Kier alpha value is -4.00. The fourth-order valence-corrected chi connectivity index (χ4v) is 3.71. The summed E-state index contributed by atoms with van der Waals surface area (Å²) in [5.41, 5.74) is 3.19. The fraction of sp³-hybridized carbons (Fsp3) is 0.259. The molecule has 7 nitrogen and oxygen atoms in total. The summed E-state index contributed by atoms with van der Waals surface area (Å²) < 4.78 is 5.13. The molecule has 3 aromatic rings. The Morgan fingerprint density at radius 1 is 1.00 bits per heavy atom. The minimum Gasteiger partial charge on any atom is -0.477 e. The lowest BCUT2D eigenvalue weighted by molar-refractivity contribution is -0.147. The first-order valence-corrected chi connectivity index (χ1v) is 11.2. The van der Waals surface area contributed by atoms with Crippen molar-refractivity contribution in [1.29, 1.82) is 0 Å².